The number of rotatable bonds is 4. The van der Waals surface area contributed by atoms with Gasteiger partial charge in [-0.3, -0.25) is 14.9 Å². The van der Waals surface area contributed by atoms with Gasteiger partial charge in [0.15, 0.2) is 0 Å². The van der Waals surface area contributed by atoms with E-state index >= 15 is 0 Å². The van der Waals surface area contributed by atoms with E-state index in [4.69, 9.17) is 11.6 Å². The number of amides is 1. The topological polar surface area (TPSA) is 103 Å². The Morgan fingerprint density at radius 1 is 1.07 bits per heavy atom. The third-order valence-electron chi connectivity index (χ3n) is 4.35. The maximum atomic E-state index is 12.5. The van der Waals surface area contributed by atoms with Crippen LogP contribution in [-0.2, 0) is 0 Å². The maximum absolute atomic E-state index is 12.5. The van der Waals surface area contributed by atoms with Gasteiger partial charge in [0, 0.05) is 27.9 Å². The lowest BCUT2D eigenvalue weighted by Gasteiger charge is -2.06. The lowest BCUT2D eigenvalue weighted by molar-refractivity contribution is -0.385. The molecule has 9 heteroatoms. The molecule has 144 valence electrons. The highest BCUT2D eigenvalue weighted by Crippen LogP contribution is 2.22. The van der Waals surface area contributed by atoms with Gasteiger partial charge in [0.1, 0.15) is 11.0 Å². The Labute approximate surface area is 169 Å². The fourth-order valence-corrected chi connectivity index (χ4v) is 3.04. The number of nitro benzene ring substituents is 1. The quantitative estimate of drug-likeness (QED) is 0.395. The third-order valence-corrected chi connectivity index (χ3v) is 4.58. The van der Waals surface area contributed by atoms with E-state index in [1.807, 2.05) is 6.07 Å². The second-order valence-electron chi connectivity index (χ2n) is 6.39. The van der Waals surface area contributed by atoms with Gasteiger partial charge in [0.2, 0.25) is 0 Å². The van der Waals surface area contributed by atoms with Crippen LogP contribution < -0.4 is 5.32 Å². The summed E-state index contributed by atoms with van der Waals surface area (Å²) in [7, 11) is 0. The Balaban J connectivity index is 1.61. The first kappa shape index (κ1) is 18.6. The summed E-state index contributed by atoms with van der Waals surface area (Å²) in [6, 6.07) is 16.6. The molecular formula is C20H14ClN5O3. The number of nitrogens with one attached hydrogen (secondary N) is 1. The molecule has 0 atom stereocenters. The van der Waals surface area contributed by atoms with Crippen molar-refractivity contribution in [3.05, 3.63) is 86.9 Å². The Kier molecular flexibility index (Phi) is 4.69. The lowest BCUT2D eigenvalue weighted by Crippen LogP contribution is -2.12. The van der Waals surface area contributed by atoms with Gasteiger partial charge in [0.25, 0.3) is 11.6 Å². The fraction of sp³-hybridized carbons (Fsp3) is 0.0500. The van der Waals surface area contributed by atoms with Crippen LogP contribution in [0.3, 0.4) is 0 Å². The van der Waals surface area contributed by atoms with Crippen LogP contribution in [0, 0.1) is 17.0 Å². The highest BCUT2D eigenvalue weighted by Gasteiger charge is 2.15. The molecule has 1 amide bonds. The molecule has 0 saturated carbocycles. The van der Waals surface area contributed by atoms with E-state index in [0.29, 0.717) is 33.0 Å². The van der Waals surface area contributed by atoms with Crippen molar-refractivity contribution in [3.8, 4) is 5.69 Å². The van der Waals surface area contributed by atoms with Crippen molar-refractivity contribution in [1.29, 1.82) is 0 Å². The monoisotopic (exact) mass is 407 g/mol. The first-order valence-corrected chi connectivity index (χ1v) is 8.98. The second kappa shape index (κ2) is 7.33. The molecule has 0 aliphatic rings. The van der Waals surface area contributed by atoms with Crippen molar-refractivity contribution >= 4 is 39.9 Å². The molecule has 0 radical (unpaired) electrons. The van der Waals surface area contributed by atoms with E-state index in [0.717, 1.165) is 0 Å². The Morgan fingerprint density at radius 2 is 1.86 bits per heavy atom. The summed E-state index contributed by atoms with van der Waals surface area (Å²) in [6.45, 7) is 1.62. The van der Waals surface area contributed by atoms with Crippen LogP contribution in [0.15, 0.2) is 60.7 Å². The van der Waals surface area contributed by atoms with Gasteiger partial charge in [-0.15, -0.1) is 10.2 Å². The molecule has 0 aliphatic carbocycles. The van der Waals surface area contributed by atoms with Crippen molar-refractivity contribution in [2.24, 2.45) is 0 Å². The average Bonchev–Trinajstić information content (AvgIpc) is 3.11. The third kappa shape index (κ3) is 3.78. The highest BCUT2D eigenvalue weighted by atomic mass is 35.5. The molecule has 29 heavy (non-hydrogen) atoms. The zero-order chi connectivity index (χ0) is 20.5. The summed E-state index contributed by atoms with van der Waals surface area (Å²) >= 11 is 6.02. The largest absolute Gasteiger partial charge is 0.322 e. The van der Waals surface area contributed by atoms with Gasteiger partial charge in [0.05, 0.1) is 10.6 Å². The van der Waals surface area contributed by atoms with Gasteiger partial charge in [-0.1, -0.05) is 23.7 Å². The molecule has 0 saturated heterocycles. The molecule has 0 unspecified atom stereocenters. The van der Waals surface area contributed by atoms with E-state index in [1.165, 1.54) is 10.9 Å². The fourth-order valence-electron chi connectivity index (χ4n) is 2.86. The van der Waals surface area contributed by atoms with Gasteiger partial charge in [-0.25, -0.2) is 0 Å². The average molecular weight is 408 g/mol. The number of aryl methyl sites for hydroxylation is 1. The molecule has 0 bridgehead atoms. The normalized spacial score (nSPS) is 10.8. The Morgan fingerprint density at radius 3 is 2.62 bits per heavy atom. The number of aromatic nitrogens is 3. The standard InChI is InChI=1S/C20H14ClN5O3/c1-12-5-6-13(9-19(12)26(28)29)20(27)22-15-7-8-17-18(11-15)24-25(23-17)16-4-2-3-14(21)10-16/h2-11H,1H3,(H,22,27). The van der Waals surface area contributed by atoms with E-state index in [9.17, 15) is 14.9 Å². The Bertz CT molecular complexity index is 1270. The number of nitro groups is 1. The Hall–Kier alpha value is -3.78. The van der Waals surface area contributed by atoms with Crippen LogP contribution in [-0.4, -0.2) is 25.8 Å². The van der Waals surface area contributed by atoms with Crippen LogP contribution in [0.4, 0.5) is 11.4 Å². The molecule has 8 nitrogen and oxygen atoms in total. The van der Waals surface area contributed by atoms with Crippen LogP contribution in [0.5, 0.6) is 0 Å². The molecule has 1 aromatic heterocycles. The van der Waals surface area contributed by atoms with Crippen molar-refractivity contribution in [2.75, 3.05) is 5.32 Å². The van der Waals surface area contributed by atoms with Gasteiger partial charge >= 0.3 is 0 Å². The molecule has 0 fully saturated rings. The molecule has 1 N–H and O–H groups in total. The maximum Gasteiger partial charge on any atom is 0.273 e. The summed E-state index contributed by atoms with van der Waals surface area (Å²) in [5, 5.41) is 23.2. The summed E-state index contributed by atoms with van der Waals surface area (Å²) < 4.78 is 0. The molecule has 1 heterocycles. The van der Waals surface area contributed by atoms with Crippen molar-refractivity contribution in [3.63, 3.8) is 0 Å². The van der Waals surface area contributed by atoms with E-state index in [2.05, 4.69) is 15.5 Å². The smallest absolute Gasteiger partial charge is 0.273 e. The second-order valence-corrected chi connectivity index (χ2v) is 6.82. The summed E-state index contributed by atoms with van der Waals surface area (Å²) in [5.41, 5.74) is 3.04. The predicted octanol–water partition coefficient (Wildman–Crippen LogP) is 4.54. The molecular weight excluding hydrogens is 394 g/mol. The predicted molar refractivity (Wildman–Crippen MR) is 110 cm³/mol. The first-order chi connectivity index (χ1) is 13.9. The summed E-state index contributed by atoms with van der Waals surface area (Å²) in [5.74, 6) is -0.449. The molecule has 0 spiro atoms. The van der Waals surface area contributed by atoms with Crippen LogP contribution >= 0.6 is 11.6 Å². The highest BCUT2D eigenvalue weighted by molar-refractivity contribution is 6.30. The van der Waals surface area contributed by atoms with Gasteiger partial charge < -0.3 is 5.32 Å². The molecule has 4 rings (SSSR count). The summed E-state index contributed by atoms with van der Waals surface area (Å²) in [6.07, 6.45) is 0. The van der Waals surface area contributed by atoms with E-state index < -0.39 is 10.8 Å². The minimum absolute atomic E-state index is 0.0995. The minimum atomic E-state index is -0.508. The zero-order valence-electron chi connectivity index (χ0n) is 15.2. The lowest BCUT2D eigenvalue weighted by atomic mass is 10.1. The number of carbonyl (C=O) groups is 1. The van der Waals surface area contributed by atoms with Gasteiger partial charge in [-0.2, -0.15) is 4.80 Å². The number of fused-ring (bicyclic) bond motifs is 1. The van der Waals surface area contributed by atoms with Crippen molar-refractivity contribution in [1.82, 2.24) is 15.0 Å². The van der Waals surface area contributed by atoms with Crippen LogP contribution in [0.2, 0.25) is 5.02 Å². The number of halogens is 1. The molecule has 4 aromatic rings. The molecule has 0 aliphatic heterocycles. The van der Waals surface area contributed by atoms with E-state index in [-0.39, 0.29) is 11.3 Å². The van der Waals surface area contributed by atoms with Crippen LogP contribution in [0.25, 0.3) is 16.7 Å². The minimum Gasteiger partial charge on any atom is -0.322 e. The van der Waals surface area contributed by atoms with Crippen molar-refractivity contribution < 1.29 is 9.72 Å². The number of benzene rings is 3. The number of carbonyl (C=O) groups excluding carboxylic acids is 1. The number of nitrogens with zero attached hydrogens (tertiary/aromatic N) is 4. The first-order valence-electron chi connectivity index (χ1n) is 8.60. The number of anilines is 1. The van der Waals surface area contributed by atoms with Gasteiger partial charge in [-0.05, 0) is 49.4 Å². The van der Waals surface area contributed by atoms with E-state index in [1.54, 1.807) is 55.5 Å². The number of hydrogen-bond donors (Lipinski definition) is 1. The molecule has 3 aromatic carbocycles. The number of hydrogen-bond acceptors (Lipinski definition) is 5. The zero-order valence-corrected chi connectivity index (χ0v) is 15.9. The van der Waals surface area contributed by atoms with Crippen molar-refractivity contribution in [2.45, 2.75) is 6.92 Å². The summed E-state index contributed by atoms with van der Waals surface area (Å²) in [4.78, 5) is 24.6. The van der Waals surface area contributed by atoms with Crippen LogP contribution in [0.1, 0.15) is 15.9 Å². The SMILES string of the molecule is Cc1ccc(C(=O)Nc2ccc3nn(-c4cccc(Cl)c4)nc3c2)cc1[N+](=O)[O-].